The van der Waals surface area contributed by atoms with Crippen LogP contribution < -0.4 is 15.1 Å². The molecule has 116 valence electrons. The second-order valence-electron chi connectivity index (χ2n) is 4.88. The summed E-state index contributed by atoms with van der Waals surface area (Å²) in [5.74, 6) is 0. The maximum Gasteiger partial charge on any atom is 0.269 e. The van der Waals surface area contributed by atoms with Gasteiger partial charge in [-0.15, -0.1) is 11.8 Å². The molecule has 0 saturated carbocycles. The van der Waals surface area contributed by atoms with Crippen LogP contribution in [-0.2, 0) is 24.6 Å². The quantitative estimate of drug-likeness (QED) is 0.468. The number of non-ortho nitro benzene ring substituents is 1. The summed E-state index contributed by atoms with van der Waals surface area (Å²) in [6.07, 6.45) is 0.941. The van der Waals surface area contributed by atoms with Crippen LogP contribution in [0.5, 0.6) is 0 Å². The highest BCUT2D eigenvalue weighted by atomic mass is 32.5. The molecule has 0 radical (unpaired) electrons. The third kappa shape index (κ3) is 3.78. The van der Waals surface area contributed by atoms with Gasteiger partial charge in [-0.1, -0.05) is 37.3 Å². The van der Waals surface area contributed by atoms with Crippen LogP contribution in [0.1, 0.15) is 23.6 Å². The number of nitrogens with zero attached hydrogens (tertiary/aromatic N) is 1. The fraction of sp³-hybridized carbons (Fsp3) is 0.200. The number of hydrogen-bond donors (Lipinski definition) is 0. The van der Waals surface area contributed by atoms with Gasteiger partial charge in [-0.2, -0.15) is 6.49 Å². The van der Waals surface area contributed by atoms with E-state index in [4.69, 9.17) is 0 Å². The second-order valence-corrected chi connectivity index (χ2v) is 7.76. The maximum absolute atomic E-state index is 11.9. The third-order valence-corrected chi connectivity index (χ3v) is 5.07. The number of aryl methyl sites for hydroxylation is 1. The molecule has 7 heteroatoms. The minimum absolute atomic E-state index is 0.00375. The first-order valence-electron chi connectivity index (χ1n) is 6.69. The van der Waals surface area contributed by atoms with Gasteiger partial charge in [0.15, 0.2) is 0 Å². The third-order valence-electron chi connectivity index (χ3n) is 3.40. The molecule has 0 saturated heterocycles. The smallest absolute Gasteiger partial charge is 0.269 e. The maximum atomic E-state index is 11.9. The Labute approximate surface area is 133 Å². The summed E-state index contributed by atoms with van der Waals surface area (Å²) in [5, 5.41) is 10.9. The van der Waals surface area contributed by atoms with Gasteiger partial charge < -0.3 is 9.79 Å². The molecule has 5 nitrogen and oxygen atoms in total. The van der Waals surface area contributed by atoms with E-state index in [0.717, 1.165) is 5.56 Å². The lowest BCUT2D eigenvalue weighted by Crippen LogP contribution is -2.30. The van der Waals surface area contributed by atoms with E-state index in [1.165, 1.54) is 12.1 Å². The lowest BCUT2D eigenvalue weighted by atomic mass is 10.0. The van der Waals surface area contributed by atoms with Crippen molar-refractivity contribution in [1.29, 1.82) is 0 Å². The van der Waals surface area contributed by atoms with Gasteiger partial charge in [0.2, 0.25) is 0 Å². The Bertz CT molecular complexity index is 740. The molecule has 22 heavy (non-hydrogen) atoms. The highest BCUT2D eigenvalue weighted by molar-refractivity contribution is 8.11. The molecule has 0 aliphatic rings. The molecule has 0 fully saturated rings. The molecule has 0 atom stereocenters. The Morgan fingerprint density at radius 1 is 1.09 bits per heavy atom. The van der Waals surface area contributed by atoms with E-state index in [2.05, 4.69) is 11.8 Å². The summed E-state index contributed by atoms with van der Waals surface area (Å²) in [6.45, 7) is -2.17. The van der Waals surface area contributed by atoms with Crippen molar-refractivity contribution in [3.05, 3.63) is 69.3 Å². The van der Waals surface area contributed by atoms with Gasteiger partial charge in [-0.3, -0.25) is 10.1 Å². The average molecular weight is 335 g/mol. The van der Waals surface area contributed by atoms with Crippen molar-refractivity contribution < 1.29 is 14.7 Å². The minimum atomic E-state index is -4.05. The average Bonchev–Trinajstić information content (AvgIpc) is 2.46. The molecule has 0 unspecified atom stereocenters. The zero-order chi connectivity index (χ0) is 16.3. The summed E-state index contributed by atoms with van der Waals surface area (Å²) in [6, 6.07) is 11.3. The molecule has 0 aromatic heterocycles. The predicted molar refractivity (Wildman–Crippen MR) is 85.6 cm³/mol. The predicted octanol–water partition coefficient (Wildman–Crippen LogP) is 1.40. The lowest BCUT2D eigenvalue weighted by molar-refractivity contribution is -0.384. The minimum Gasteiger partial charge on any atom is -0.829 e. The fourth-order valence-electron chi connectivity index (χ4n) is 2.38. The number of hydrogen-bond acceptors (Lipinski definition) is 5. The molecule has 0 spiro atoms. The van der Waals surface area contributed by atoms with Crippen LogP contribution in [0.4, 0.5) is 5.69 Å². The normalized spacial score (nSPS) is 11.4. The van der Waals surface area contributed by atoms with Gasteiger partial charge in [-0.05, 0) is 34.8 Å². The Balaban J connectivity index is 2.41. The van der Waals surface area contributed by atoms with E-state index in [0.29, 0.717) is 24.0 Å². The number of rotatable bonds is 5. The summed E-state index contributed by atoms with van der Waals surface area (Å²) < 4.78 is 0. The summed E-state index contributed by atoms with van der Waals surface area (Å²) in [5.41, 5.74) is 2.13. The van der Waals surface area contributed by atoms with Crippen molar-refractivity contribution in [2.45, 2.75) is 19.8 Å². The van der Waals surface area contributed by atoms with Gasteiger partial charge in [0.05, 0.1) is 4.92 Å². The van der Waals surface area contributed by atoms with Crippen LogP contribution in [0.15, 0.2) is 42.5 Å². The fourth-order valence-corrected chi connectivity index (χ4v) is 4.17. The van der Waals surface area contributed by atoms with Gasteiger partial charge in [0, 0.05) is 12.1 Å². The SMILES string of the molecule is CCc1cccc(Cc2ccc([N+](=O)[O-])cc2)c1P([O-])([O-])=S. The highest BCUT2D eigenvalue weighted by Gasteiger charge is 2.10. The summed E-state index contributed by atoms with van der Waals surface area (Å²) >= 11 is 4.67. The van der Waals surface area contributed by atoms with Crippen LogP contribution in [0, 0.1) is 10.1 Å². The topological polar surface area (TPSA) is 89.3 Å². The molecule has 2 aromatic rings. The van der Waals surface area contributed by atoms with Crippen molar-refractivity contribution in [3.63, 3.8) is 0 Å². The Morgan fingerprint density at radius 3 is 2.18 bits per heavy atom. The summed E-state index contributed by atoms with van der Waals surface area (Å²) in [4.78, 5) is 34.0. The van der Waals surface area contributed by atoms with Crippen molar-refractivity contribution >= 4 is 29.3 Å². The lowest BCUT2D eigenvalue weighted by Gasteiger charge is -2.39. The van der Waals surface area contributed by atoms with Crippen LogP contribution >= 0.6 is 6.49 Å². The largest absolute Gasteiger partial charge is 0.829 e. The van der Waals surface area contributed by atoms with E-state index in [1.54, 1.807) is 30.3 Å². The molecule has 2 aromatic carbocycles. The van der Waals surface area contributed by atoms with E-state index in [1.807, 2.05) is 6.92 Å². The first-order valence-corrected chi connectivity index (χ1v) is 9.33. The standard InChI is InChI=1S/C15H16NO4PS/c1-2-12-4-3-5-13(15(12)21(19,20)22)10-11-6-8-14(9-7-11)16(17)18/h3-9H,2,10H2,1H3,(H2,19,20,22)/p-2. The van der Waals surface area contributed by atoms with Crippen LogP contribution in [0.3, 0.4) is 0 Å². The molecule has 0 aliphatic carbocycles. The highest BCUT2D eigenvalue weighted by Crippen LogP contribution is 2.29. The van der Waals surface area contributed by atoms with E-state index >= 15 is 0 Å². The number of nitro groups is 1. The number of benzene rings is 2. The van der Waals surface area contributed by atoms with Crippen LogP contribution in [0.25, 0.3) is 0 Å². The molecule has 0 bridgehead atoms. The van der Waals surface area contributed by atoms with E-state index in [-0.39, 0.29) is 11.0 Å². The second kappa shape index (κ2) is 6.67. The van der Waals surface area contributed by atoms with Crippen LogP contribution in [0.2, 0.25) is 0 Å². The van der Waals surface area contributed by atoms with Crippen molar-refractivity contribution in [1.82, 2.24) is 0 Å². The molecule has 0 aliphatic heterocycles. The Kier molecular flexibility index (Phi) is 5.08. The van der Waals surface area contributed by atoms with Crippen molar-refractivity contribution in [2.75, 3.05) is 0 Å². The van der Waals surface area contributed by atoms with Crippen LogP contribution in [-0.4, -0.2) is 4.92 Å². The van der Waals surface area contributed by atoms with E-state index < -0.39 is 11.4 Å². The molecular weight excluding hydrogens is 321 g/mol. The van der Waals surface area contributed by atoms with E-state index in [9.17, 15) is 19.9 Å². The Morgan fingerprint density at radius 2 is 1.68 bits per heavy atom. The first kappa shape index (κ1) is 16.8. The zero-order valence-corrected chi connectivity index (χ0v) is 13.6. The van der Waals surface area contributed by atoms with Gasteiger partial charge in [-0.25, -0.2) is 0 Å². The molecule has 2 rings (SSSR count). The Hall–Kier alpha value is -1.59. The molecule has 0 amide bonds. The van der Waals surface area contributed by atoms with Crippen molar-refractivity contribution in [3.8, 4) is 0 Å². The molecule has 0 N–H and O–H groups in total. The molecular formula is C15H14NO4PS-2. The summed E-state index contributed by atoms with van der Waals surface area (Å²) in [7, 11) is 0. The number of nitro benzene ring substituents is 1. The van der Waals surface area contributed by atoms with Gasteiger partial charge in [0.25, 0.3) is 5.69 Å². The monoisotopic (exact) mass is 335 g/mol. The zero-order valence-electron chi connectivity index (χ0n) is 11.9. The molecule has 0 heterocycles. The van der Waals surface area contributed by atoms with Crippen molar-refractivity contribution in [2.24, 2.45) is 0 Å². The first-order chi connectivity index (χ1) is 10.3. The van der Waals surface area contributed by atoms with Gasteiger partial charge >= 0.3 is 0 Å². The van der Waals surface area contributed by atoms with Gasteiger partial charge in [0.1, 0.15) is 0 Å².